The van der Waals surface area contributed by atoms with Gasteiger partial charge in [0.25, 0.3) is 0 Å². The summed E-state index contributed by atoms with van der Waals surface area (Å²) in [4.78, 5) is 10.9. The average Bonchev–Trinajstić information content (AvgIpc) is 2.72. The summed E-state index contributed by atoms with van der Waals surface area (Å²) < 4.78 is 14.7. The van der Waals surface area contributed by atoms with E-state index in [0.717, 1.165) is 6.29 Å². The zero-order valence-corrected chi connectivity index (χ0v) is 8.85. The molecule has 1 heterocycles. The van der Waals surface area contributed by atoms with Gasteiger partial charge < -0.3 is 0 Å². The van der Waals surface area contributed by atoms with Crippen molar-refractivity contribution in [2.75, 3.05) is 0 Å². The summed E-state index contributed by atoms with van der Waals surface area (Å²) in [5.41, 5.74) is 1.62. The van der Waals surface area contributed by atoms with Crippen molar-refractivity contribution < 1.29 is 9.18 Å². The number of aryl methyl sites for hydroxylation is 1. The quantitative estimate of drug-likeness (QED) is 0.742. The molecule has 0 atom stereocenters. The molecule has 1 aromatic carbocycles. The molecule has 0 fully saturated rings. The lowest BCUT2D eigenvalue weighted by Gasteiger charge is -1.97. The van der Waals surface area contributed by atoms with Crippen LogP contribution in [0.5, 0.6) is 0 Å². The molecule has 0 aliphatic carbocycles. The van der Waals surface area contributed by atoms with Gasteiger partial charge in [-0.3, -0.25) is 9.48 Å². The molecule has 1 aromatic heterocycles. The Balaban J connectivity index is 2.54. The Morgan fingerprint density at radius 3 is 2.94 bits per heavy atom. The smallest absolute Gasteiger partial charge is 0.153 e. The molecule has 0 aliphatic heterocycles. The van der Waals surface area contributed by atoms with Gasteiger partial charge in [-0.1, -0.05) is 12.1 Å². The van der Waals surface area contributed by atoms with Gasteiger partial charge in [0.2, 0.25) is 0 Å². The van der Waals surface area contributed by atoms with Crippen LogP contribution in [-0.4, -0.2) is 16.1 Å². The second-order valence-electron chi connectivity index (χ2n) is 3.42. The van der Waals surface area contributed by atoms with Crippen molar-refractivity contribution in [3.63, 3.8) is 0 Å². The first-order chi connectivity index (χ1) is 7.74. The van der Waals surface area contributed by atoms with E-state index in [1.165, 1.54) is 12.1 Å². The maximum absolute atomic E-state index is 13.1. The molecular formula is C12H11FN2O. The standard InChI is InChI=1S/C12H11FN2O/c1-2-15-7-10(8-16)12(14-15)9-4-3-5-11(13)6-9/h3-8H,2H2,1H3. The van der Waals surface area contributed by atoms with E-state index in [2.05, 4.69) is 5.10 Å². The summed E-state index contributed by atoms with van der Waals surface area (Å²) >= 11 is 0. The summed E-state index contributed by atoms with van der Waals surface area (Å²) in [5.74, 6) is -0.333. The number of benzene rings is 1. The van der Waals surface area contributed by atoms with Crippen LogP contribution in [0.15, 0.2) is 30.5 Å². The molecule has 0 unspecified atom stereocenters. The number of hydrogen-bond acceptors (Lipinski definition) is 2. The molecule has 0 bridgehead atoms. The lowest BCUT2D eigenvalue weighted by atomic mass is 10.1. The lowest BCUT2D eigenvalue weighted by molar-refractivity contribution is 0.112. The fourth-order valence-corrected chi connectivity index (χ4v) is 1.55. The highest BCUT2D eigenvalue weighted by molar-refractivity contribution is 5.85. The van der Waals surface area contributed by atoms with Crippen molar-refractivity contribution in [1.29, 1.82) is 0 Å². The third-order valence-corrected chi connectivity index (χ3v) is 2.34. The highest BCUT2D eigenvalue weighted by Crippen LogP contribution is 2.21. The summed E-state index contributed by atoms with van der Waals surface area (Å²) in [6.45, 7) is 2.60. The highest BCUT2D eigenvalue weighted by atomic mass is 19.1. The van der Waals surface area contributed by atoms with Crippen molar-refractivity contribution in [3.8, 4) is 11.3 Å². The molecule has 0 N–H and O–H groups in total. The van der Waals surface area contributed by atoms with Crippen molar-refractivity contribution in [3.05, 3.63) is 41.8 Å². The van der Waals surface area contributed by atoms with Gasteiger partial charge in [-0.2, -0.15) is 5.10 Å². The van der Waals surface area contributed by atoms with Crippen LogP contribution < -0.4 is 0 Å². The van der Waals surface area contributed by atoms with Gasteiger partial charge in [0.15, 0.2) is 6.29 Å². The number of hydrogen-bond donors (Lipinski definition) is 0. The van der Waals surface area contributed by atoms with Crippen LogP contribution in [0.1, 0.15) is 17.3 Å². The molecule has 0 spiro atoms. The van der Waals surface area contributed by atoms with E-state index in [4.69, 9.17) is 0 Å². The minimum absolute atomic E-state index is 0.333. The van der Waals surface area contributed by atoms with Crippen LogP contribution in [0.2, 0.25) is 0 Å². The van der Waals surface area contributed by atoms with Crippen LogP contribution in [0.4, 0.5) is 4.39 Å². The number of rotatable bonds is 3. The van der Waals surface area contributed by atoms with Crippen LogP contribution in [0.3, 0.4) is 0 Å². The molecule has 16 heavy (non-hydrogen) atoms. The Morgan fingerprint density at radius 2 is 2.31 bits per heavy atom. The van der Waals surface area contributed by atoms with Gasteiger partial charge in [0, 0.05) is 18.3 Å². The first-order valence-corrected chi connectivity index (χ1v) is 5.03. The number of aldehydes is 1. The molecule has 2 aromatic rings. The van der Waals surface area contributed by atoms with Crippen LogP contribution in [0, 0.1) is 5.82 Å². The van der Waals surface area contributed by atoms with E-state index in [9.17, 15) is 9.18 Å². The van der Waals surface area contributed by atoms with Gasteiger partial charge in [0.1, 0.15) is 11.5 Å². The highest BCUT2D eigenvalue weighted by Gasteiger charge is 2.10. The van der Waals surface area contributed by atoms with E-state index < -0.39 is 0 Å². The molecule has 3 nitrogen and oxygen atoms in total. The molecule has 0 saturated carbocycles. The summed E-state index contributed by atoms with van der Waals surface area (Å²) in [5, 5.41) is 4.23. The van der Waals surface area contributed by atoms with Crippen LogP contribution in [0.25, 0.3) is 11.3 Å². The number of carbonyl (C=O) groups is 1. The number of aromatic nitrogens is 2. The minimum atomic E-state index is -0.333. The molecule has 0 aliphatic rings. The largest absolute Gasteiger partial charge is 0.298 e. The van der Waals surface area contributed by atoms with E-state index in [-0.39, 0.29) is 5.82 Å². The van der Waals surface area contributed by atoms with Gasteiger partial charge in [-0.05, 0) is 19.1 Å². The SMILES string of the molecule is CCn1cc(C=O)c(-c2cccc(F)c2)n1. The maximum atomic E-state index is 13.1. The predicted molar refractivity (Wildman–Crippen MR) is 58.7 cm³/mol. The molecule has 0 radical (unpaired) electrons. The van der Waals surface area contributed by atoms with E-state index >= 15 is 0 Å². The van der Waals surface area contributed by atoms with Crippen molar-refractivity contribution in [2.24, 2.45) is 0 Å². The number of nitrogens with zero attached hydrogens (tertiary/aromatic N) is 2. The number of halogens is 1. The Morgan fingerprint density at radius 1 is 1.50 bits per heavy atom. The third-order valence-electron chi connectivity index (χ3n) is 2.34. The molecular weight excluding hydrogens is 207 g/mol. The lowest BCUT2D eigenvalue weighted by Crippen LogP contribution is -1.93. The molecule has 4 heteroatoms. The van der Waals surface area contributed by atoms with Gasteiger partial charge in [-0.15, -0.1) is 0 Å². The zero-order chi connectivity index (χ0) is 11.5. The van der Waals surface area contributed by atoms with E-state index in [1.54, 1.807) is 23.0 Å². The summed E-state index contributed by atoms with van der Waals surface area (Å²) in [7, 11) is 0. The first kappa shape index (κ1) is 10.5. The third kappa shape index (κ3) is 1.86. The Hall–Kier alpha value is -1.97. The Labute approximate surface area is 92.5 Å². The average molecular weight is 218 g/mol. The van der Waals surface area contributed by atoms with Gasteiger partial charge in [-0.25, -0.2) is 4.39 Å². The van der Waals surface area contributed by atoms with E-state index in [0.29, 0.717) is 23.4 Å². The topological polar surface area (TPSA) is 34.9 Å². The summed E-state index contributed by atoms with van der Waals surface area (Å²) in [6, 6.07) is 6.07. The van der Waals surface area contributed by atoms with Crippen LogP contribution in [-0.2, 0) is 6.54 Å². The van der Waals surface area contributed by atoms with Crippen molar-refractivity contribution in [2.45, 2.75) is 13.5 Å². The fraction of sp³-hybridized carbons (Fsp3) is 0.167. The molecule has 0 saturated heterocycles. The van der Waals surface area contributed by atoms with E-state index in [1.807, 2.05) is 6.92 Å². The Kier molecular flexibility index (Phi) is 2.81. The van der Waals surface area contributed by atoms with Crippen molar-refractivity contribution in [1.82, 2.24) is 9.78 Å². The minimum Gasteiger partial charge on any atom is -0.298 e. The summed E-state index contributed by atoms with van der Waals surface area (Å²) in [6.07, 6.45) is 2.40. The first-order valence-electron chi connectivity index (χ1n) is 5.03. The molecule has 0 amide bonds. The second kappa shape index (κ2) is 4.26. The van der Waals surface area contributed by atoms with Gasteiger partial charge in [0.05, 0.1) is 5.56 Å². The van der Waals surface area contributed by atoms with Crippen LogP contribution >= 0.6 is 0 Å². The fourth-order valence-electron chi connectivity index (χ4n) is 1.55. The molecule has 82 valence electrons. The zero-order valence-electron chi connectivity index (χ0n) is 8.85. The number of carbonyl (C=O) groups excluding carboxylic acids is 1. The molecule has 2 rings (SSSR count). The monoisotopic (exact) mass is 218 g/mol. The Bertz CT molecular complexity index is 519. The normalized spacial score (nSPS) is 10.4. The predicted octanol–water partition coefficient (Wildman–Crippen LogP) is 2.52. The maximum Gasteiger partial charge on any atom is 0.153 e. The van der Waals surface area contributed by atoms with Gasteiger partial charge >= 0.3 is 0 Å². The van der Waals surface area contributed by atoms with Crippen molar-refractivity contribution >= 4 is 6.29 Å². The second-order valence-corrected chi connectivity index (χ2v) is 3.42.